The highest BCUT2D eigenvalue weighted by molar-refractivity contribution is 6.12. The fraction of sp³-hybridized carbons (Fsp3) is 0.265. The average Bonchev–Trinajstić information content (AvgIpc) is 3.07. The summed E-state index contributed by atoms with van der Waals surface area (Å²) in [5.74, 6) is 0.465. The number of ketones is 1. The summed E-state index contributed by atoms with van der Waals surface area (Å²) >= 11 is 0. The van der Waals surface area contributed by atoms with E-state index < -0.39 is 43.1 Å². The number of ether oxygens (including phenoxy) is 5. The highest BCUT2D eigenvalue weighted by Crippen LogP contribution is 2.38. The van der Waals surface area contributed by atoms with Crippen LogP contribution >= 0.6 is 0 Å². The lowest BCUT2D eigenvalue weighted by Crippen LogP contribution is -2.60. The van der Waals surface area contributed by atoms with E-state index in [1.165, 1.54) is 13.2 Å². The van der Waals surface area contributed by atoms with E-state index in [4.69, 9.17) is 23.7 Å². The highest BCUT2D eigenvalue weighted by atomic mass is 16.7. The summed E-state index contributed by atoms with van der Waals surface area (Å²) in [6.07, 6.45) is -7.70. The van der Waals surface area contributed by atoms with Crippen LogP contribution in [-0.4, -0.2) is 70.6 Å². The summed E-state index contributed by atoms with van der Waals surface area (Å²) in [5, 5.41) is 40.8. The maximum Gasteiger partial charge on any atom is 0.229 e. The molecule has 0 aliphatic carbocycles. The summed E-state index contributed by atoms with van der Waals surface area (Å²) < 4.78 is 28.9. The molecule has 0 unspecified atom stereocenters. The van der Waals surface area contributed by atoms with Crippen LogP contribution in [0.5, 0.6) is 23.0 Å². The van der Waals surface area contributed by atoms with Crippen molar-refractivity contribution in [2.45, 2.75) is 43.9 Å². The molecule has 0 spiro atoms. The van der Waals surface area contributed by atoms with Gasteiger partial charge in [0.1, 0.15) is 66.2 Å². The van der Waals surface area contributed by atoms with Crippen molar-refractivity contribution in [2.24, 2.45) is 0 Å². The van der Waals surface area contributed by atoms with Crippen molar-refractivity contribution in [1.29, 1.82) is 0 Å². The zero-order valence-electron chi connectivity index (χ0n) is 24.0. The molecule has 10 nitrogen and oxygen atoms in total. The molecule has 5 rings (SSSR count). The van der Waals surface area contributed by atoms with Gasteiger partial charge in [-0.2, -0.15) is 0 Å². The van der Waals surface area contributed by atoms with Gasteiger partial charge in [-0.1, -0.05) is 60.7 Å². The monoisotopic (exact) mass is 602 g/mol. The molecule has 230 valence electrons. The first-order chi connectivity index (χ1) is 21.4. The largest absolute Gasteiger partial charge is 0.496 e. The lowest BCUT2D eigenvalue weighted by molar-refractivity contribution is -0.277. The third-order valence-electron chi connectivity index (χ3n) is 7.19. The van der Waals surface area contributed by atoms with Gasteiger partial charge < -0.3 is 44.1 Å². The highest BCUT2D eigenvalue weighted by Gasteiger charge is 2.45. The van der Waals surface area contributed by atoms with Crippen LogP contribution in [0.1, 0.15) is 27.0 Å². The number of methoxy groups -OCH3 is 1. The van der Waals surface area contributed by atoms with Gasteiger partial charge in [0.2, 0.25) is 12.1 Å². The Bertz CT molecular complexity index is 1510. The topological polar surface area (TPSA) is 144 Å². The molecular formula is C34H34O10. The lowest BCUT2D eigenvalue weighted by atomic mass is 9.98. The van der Waals surface area contributed by atoms with Crippen LogP contribution in [0, 0.1) is 0 Å². The van der Waals surface area contributed by atoms with Crippen LogP contribution in [0.3, 0.4) is 0 Å². The fourth-order valence-electron chi connectivity index (χ4n) is 4.75. The molecule has 1 heterocycles. The number of rotatable bonds is 12. The van der Waals surface area contributed by atoms with Crippen molar-refractivity contribution >= 4 is 5.78 Å². The first-order valence-electron chi connectivity index (χ1n) is 14.1. The summed E-state index contributed by atoms with van der Waals surface area (Å²) in [7, 11) is 1.39. The number of hydrogen-bond donors (Lipinski definition) is 4. The quantitative estimate of drug-likeness (QED) is 0.178. The zero-order valence-corrected chi connectivity index (χ0v) is 24.0. The Morgan fingerprint density at radius 3 is 1.86 bits per heavy atom. The molecule has 0 saturated carbocycles. The molecule has 1 fully saturated rings. The maximum atomic E-state index is 13.9. The van der Waals surface area contributed by atoms with Gasteiger partial charge in [0.25, 0.3) is 0 Å². The third kappa shape index (κ3) is 7.19. The molecule has 1 aliphatic heterocycles. The molecule has 0 bridgehead atoms. The number of hydrogen-bond acceptors (Lipinski definition) is 10. The van der Waals surface area contributed by atoms with Gasteiger partial charge in [0.05, 0.1) is 13.7 Å². The Kier molecular flexibility index (Phi) is 10.1. The van der Waals surface area contributed by atoms with Crippen molar-refractivity contribution in [1.82, 2.24) is 0 Å². The average molecular weight is 603 g/mol. The second-order valence-corrected chi connectivity index (χ2v) is 10.2. The van der Waals surface area contributed by atoms with Crippen molar-refractivity contribution in [2.75, 3.05) is 13.7 Å². The normalized spacial score (nSPS) is 21.3. The Hall–Kier alpha value is -4.45. The van der Waals surface area contributed by atoms with E-state index in [-0.39, 0.29) is 23.7 Å². The van der Waals surface area contributed by atoms with Gasteiger partial charge in [-0.15, -0.1) is 0 Å². The standard InChI is InChI=1S/C34H34O10/c1-40-26-16-25(42-20-22-10-6-3-7-11-22)17-27(43-34-33(39)32(38)31(37)28(18-35)44-34)29(26)30(36)23-12-14-24(15-13-23)41-19-21-8-4-2-5-9-21/h2-17,28,31-35,37-39H,18-20H2,1H3/t28-,31-,32+,33-,34-/m1/s1. The minimum absolute atomic E-state index is 0.00877. The summed E-state index contributed by atoms with van der Waals surface area (Å²) in [4.78, 5) is 13.9. The van der Waals surface area contributed by atoms with Gasteiger partial charge in [0.15, 0.2) is 0 Å². The van der Waals surface area contributed by atoms with Crippen LogP contribution < -0.4 is 18.9 Å². The Balaban J connectivity index is 1.44. The predicted octanol–water partition coefficient (Wildman–Crippen LogP) is 3.26. The van der Waals surface area contributed by atoms with Crippen molar-refractivity contribution in [3.05, 3.63) is 119 Å². The van der Waals surface area contributed by atoms with E-state index in [9.17, 15) is 25.2 Å². The molecule has 10 heteroatoms. The molecule has 5 atom stereocenters. The van der Waals surface area contributed by atoms with Crippen LogP contribution in [0.25, 0.3) is 0 Å². The Morgan fingerprint density at radius 1 is 0.727 bits per heavy atom. The number of carbonyl (C=O) groups excluding carboxylic acids is 1. The summed E-state index contributed by atoms with van der Waals surface area (Å²) in [6, 6.07) is 28.7. The number of benzene rings is 4. The van der Waals surface area contributed by atoms with E-state index in [2.05, 4.69) is 0 Å². The molecule has 0 aromatic heterocycles. The maximum absolute atomic E-state index is 13.9. The van der Waals surface area contributed by atoms with Crippen LogP contribution in [0.4, 0.5) is 0 Å². The van der Waals surface area contributed by atoms with E-state index in [0.29, 0.717) is 23.7 Å². The Morgan fingerprint density at radius 2 is 1.30 bits per heavy atom. The predicted molar refractivity (Wildman–Crippen MR) is 159 cm³/mol. The van der Waals surface area contributed by atoms with Gasteiger partial charge in [0, 0.05) is 17.7 Å². The van der Waals surface area contributed by atoms with Gasteiger partial charge in [-0.05, 0) is 35.4 Å². The van der Waals surface area contributed by atoms with Crippen molar-refractivity contribution in [3.8, 4) is 23.0 Å². The lowest BCUT2D eigenvalue weighted by Gasteiger charge is -2.39. The number of aliphatic hydroxyl groups excluding tert-OH is 4. The molecule has 4 N–H and O–H groups in total. The van der Waals surface area contributed by atoms with E-state index in [1.54, 1.807) is 30.3 Å². The fourth-order valence-corrected chi connectivity index (χ4v) is 4.75. The number of aliphatic hydroxyl groups is 4. The Labute approximate surface area is 254 Å². The molecule has 4 aromatic carbocycles. The molecule has 1 saturated heterocycles. The van der Waals surface area contributed by atoms with Crippen molar-refractivity contribution < 1.29 is 48.9 Å². The molecule has 4 aromatic rings. The molecule has 0 amide bonds. The van der Waals surface area contributed by atoms with Gasteiger partial charge in [-0.25, -0.2) is 0 Å². The SMILES string of the molecule is COc1cc(OCc2ccccc2)cc(O[C@@H]2O[C@H](CO)[C@@H](O)[C@H](O)[C@H]2O)c1C(=O)c1ccc(OCc2ccccc2)cc1. The van der Waals surface area contributed by atoms with Gasteiger partial charge in [-0.3, -0.25) is 4.79 Å². The molecule has 1 aliphatic rings. The second-order valence-electron chi connectivity index (χ2n) is 10.2. The minimum Gasteiger partial charge on any atom is -0.496 e. The smallest absolute Gasteiger partial charge is 0.229 e. The van der Waals surface area contributed by atoms with E-state index in [1.807, 2.05) is 60.7 Å². The summed E-state index contributed by atoms with van der Waals surface area (Å²) in [5.41, 5.74) is 2.21. The molecule has 0 radical (unpaired) electrons. The van der Waals surface area contributed by atoms with Gasteiger partial charge >= 0.3 is 0 Å². The molecule has 44 heavy (non-hydrogen) atoms. The zero-order chi connectivity index (χ0) is 31.1. The van der Waals surface area contributed by atoms with Crippen LogP contribution in [0.2, 0.25) is 0 Å². The van der Waals surface area contributed by atoms with E-state index in [0.717, 1.165) is 11.1 Å². The summed E-state index contributed by atoms with van der Waals surface area (Å²) in [6.45, 7) is -0.0659. The van der Waals surface area contributed by atoms with Crippen molar-refractivity contribution in [3.63, 3.8) is 0 Å². The van der Waals surface area contributed by atoms with E-state index >= 15 is 0 Å². The van der Waals surface area contributed by atoms with Crippen LogP contribution in [0.15, 0.2) is 97.1 Å². The first kappa shape index (κ1) is 31.0. The second kappa shape index (κ2) is 14.3. The molecular weight excluding hydrogens is 568 g/mol. The van der Waals surface area contributed by atoms with Crippen LogP contribution in [-0.2, 0) is 18.0 Å². The minimum atomic E-state index is -1.70. The third-order valence-corrected chi connectivity index (χ3v) is 7.19. The first-order valence-corrected chi connectivity index (χ1v) is 14.1. The number of carbonyl (C=O) groups is 1.